The van der Waals surface area contributed by atoms with Gasteiger partial charge in [0.25, 0.3) is 0 Å². The first-order chi connectivity index (χ1) is 11.6. The Morgan fingerprint density at radius 2 is 2.04 bits per heavy atom. The molecule has 4 rings (SSSR count). The highest BCUT2D eigenvalue weighted by Gasteiger charge is 2.37. The van der Waals surface area contributed by atoms with E-state index in [0.29, 0.717) is 5.91 Å². The molecule has 0 radical (unpaired) electrons. The highest BCUT2D eigenvalue weighted by molar-refractivity contribution is 7.22. The molecule has 0 N–H and O–H groups in total. The van der Waals surface area contributed by atoms with Crippen molar-refractivity contribution in [2.75, 3.05) is 38.2 Å². The number of rotatable bonds is 3. The van der Waals surface area contributed by atoms with Gasteiger partial charge in [-0.1, -0.05) is 18.3 Å². The van der Waals surface area contributed by atoms with E-state index in [0.717, 1.165) is 66.0 Å². The minimum atomic E-state index is 0.139. The Morgan fingerprint density at radius 3 is 2.75 bits per heavy atom. The zero-order valence-corrected chi connectivity index (χ0v) is 15.0. The molecule has 0 bridgehead atoms. The Labute approximate surface area is 146 Å². The van der Waals surface area contributed by atoms with E-state index in [9.17, 15) is 4.79 Å². The fourth-order valence-electron chi connectivity index (χ4n) is 3.43. The van der Waals surface area contributed by atoms with E-state index >= 15 is 0 Å². The molecule has 0 atom stereocenters. The molecule has 1 aromatic heterocycles. The number of anilines is 1. The second-order valence-corrected chi connectivity index (χ2v) is 7.95. The van der Waals surface area contributed by atoms with Gasteiger partial charge in [0.1, 0.15) is 5.75 Å². The van der Waals surface area contributed by atoms with Crippen LogP contribution in [0.5, 0.6) is 5.75 Å². The third kappa shape index (κ3) is 2.83. The van der Waals surface area contributed by atoms with E-state index in [1.54, 1.807) is 18.4 Å². The summed E-state index contributed by atoms with van der Waals surface area (Å²) in [5.74, 6) is 2.08. The van der Waals surface area contributed by atoms with Crippen molar-refractivity contribution < 1.29 is 9.53 Å². The van der Waals surface area contributed by atoms with Crippen LogP contribution < -0.4 is 9.64 Å². The summed E-state index contributed by atoms with van der Waals surface area (Å²) in [6.07, 6.45) is 2.28. The van der Waals surface area contributed by atoms with Gasteiger partial charge in [-0.2, -0.15) is 0 Å². The Bertz CT molecular complexity index is 746. The summed E-state index contributed by atoms with van der Waals surface area (Å²) < 4.78 is 6.40. The highest BCUT2D eigenvalue weighted by Crippen LogP contribution is 2.35. The molecular formula is C18H23N3O2S. The maximum absolute atomic E-state index is 12.6. The molecule has 0 aliphatic carbocycles. The summed E-state index contributed by atoms with van der Waals surface area (Å²) >= 11 is 1.67. The van der Waals surface area contributed by atoms with E-state index in [1.165, 1.54) is 0 Å². The quantitative estimate of drug-likeness (QED) is 0.858. The molecule has 5 nitrogen and oxygen atoms in total. The zero-order chi connectivity index (χ0) is 16.7. The molecule has 2 saturated heterocycles. The van der Waals surface area contributed by atoms with Crippen LogP contribution in [0.4, 0.5) is 5.13 Å². The van der Waals surface area contributed by atoms with Crippen molar-refractivity contribution in [3.05, 3.63) is 18.2 Å². The molecular weight excluding hydrogens is 322 g/mol. The van der Waals surface area contributed by atoms with Crippen LogP contribution in [0.2, 0.25) is 0 Å². The van der Waals surface area contributed by atoms with Crippen molar-refractivity contribution in [3.8, 4) is 5.75 Å². The number of amides is 1. The molecule has 6 heteroatoms. The molecule has 0 unspecified atom stereocenters. The first-order valence-electron chi connectivity index (χ1n) is 8.62. The van der Waals surface area contributed by atoms with Gasteiger partial charge in [0, 0.05) is 26.2 Å². The van der Waals surface area contributed by atoms with Crippen LogP contribution in [0, 0.1) is 11.8 Å². The van der Waals surface area contributed by atoms with Crippen molar-refractivity contribution >= 4 is 32.6 Å². The molecule has 2 aromatic rings. The lowest BCUT2D eigenvalue weighted by atomic mass is 9.95. The van der Waals surface area contributed by atoms with Crippen molar-refractivity contribution in [2.45, 2.75) is 19.8 Å². The van der Waals surface area contributed by atoms with Gasteiger partial charge < -0.3 is 14.5 Å². The molecule has 2 aliphatic rings. The summed E-state index contributed by atoms with van der Waals surface area (Å²) in [4.78, 5) is 21.6. The van der Waals surface area contributed by atoms with E-state index < -0.39 is 0 Å². The number of benzene rings is 1. The standard InChI is InChI=1S/C18H23N3O2S/c1-12-5-7-20(8-6-12)17(22)13-10-21(11-13)18-19-15-4-3-14(23-2)9-16(15)24-18/h3-4,9,12-13H,5-8,10-11H2,1-2H3. The molecule has 2 aliphatic heterocycles. The number of carbonyl (C=O) groups excluding carboxylic acids is 1. The lowest BCUT2D eigenvalue weighted by molar-refractivity contribution is -0.137. The fourth-order valence-corrected chi connectivity index (χ4v) is 4.45. The number of methoxy groups -OCH3 is 1. The van der Waals surface area contributed by atoms with Gasteiger partial charge in [0.15, 0.2) is 5.13 Å². The molecule has 1 amide bonds. The van der Waals surface area contributed by atoms with Crippen LogP contribution in [0.3, 0.4) is 0 Å². The number of hydrogen-bond acceptors (Lipinski definition) is 5. The third-order valence-corrected chi connectivity index (χ3v) is 6.26. The zero-order valence-electron chi connectivity index (χ0n) is 14.2. The maximum Gasteiger partial charge on any atom is 0.229 e. The van der Waals surface area contributed by atoms with E-state index in [4.69, 9.17) is 9.72 Å². The molecule has 0 saturated carbocycles. The lowest BCUT2D eigenvalue weighted by Crippen LogP contribution is -2.55. The predicted molar refractivity (Wildman–Crippen MR) is 96.9 cm³/mol. The first-order valence-corrected chi connectivity index (χ1v) is 9.44. The number of thiazole rings is 1. The van der Waals surface area contributed by atoms with Crippen LogP contribution in [0.1, 0.15) is 19.8 Å². The van der Waals surface area contributed by atoms with Gasteiger partial charge in [0.2, 0.25) is 5.91 Å². The molecule has 2 fully saturated rings. The smallest absolute Gasteiger partial charge is 0.229 e. The van der Waals surface area contributed by atoms with Crippen molar-refractivity contribution in [3.63, 3.8) is 0 Å². The number of likely N-dealkylation sites (tertiary alicyclic amines) is 1. The summed E-state index contributed by atoms with van der Waals surface area (Å²) in [5, 5.41) is 1.01. The number of nitrogens with zero attached hydrogens (tertiary/aromatic N) is 3. The van der Waals surface area contributed by atoms with Gasteiger partial charge in [-0.15, -0.1) is 0 Å². The second-order valence-electron chi connectivity index (χ2n) is 6.94. The number of fused-ring (bicyclic) bond motifs is 1. The number of aromatic nitrogens is 1. The van der Waals surface area contributed by atoms with E-state index in [1.807, 2.05) is 18.2 Å². The molecule has 24 heavy (non-hydrogen) atoms. The Morgan fingerprint density at radius 1 is 1.29 bits per heavy atom. The van der Waals surface area contributed by atoms with Gasteiger partial charge in [-0.05, 0) is 37.0 Å². The Balaban J connectivity index is 1.39. The van der Waals surface area contributed by atoms with Gasteiger partial charge in [-0.3, -0.25) is 4.79 Å². The molecule has 3 heterocycles. The summed E-state index contributed by atoms with van der Waals surface area (Å²) in [5.41, 5.74) is 0.996. The second kappa shape index (κ2) is 6.24. The van der Waals surface area contributed by atoms with Crippen LogP contribution in [-0.2, 0) is 4.79 Å². The summed E-state index contributed by atoms with van der Waals surface area (Å²) in [7, 11) is 1.68. The van der Waals surface area contributed by atoms with Crippen LogP contribution in [0.15, 0.2) is 18.2 Å². The predicted octanol–water partition coefficient (Wildman–Crippen LogP) is 3.00. The van der Waals surface area contributed by atoms with Crippen molar-refractivity contribution in [1.29, 1.82) is 0 Å². The van der Waals surface area contributed by atoms with E-state index in [-0.39, 0.29) is 5.92 Å². The third-order valence-electron chi connectivity index (χ3n) is 5.18. The molecule has 1 aromatic carbocycles. The minimum Gasteiger partial charge on any atom is -0.497 e. The van der Waals surface area contributed by atoms with Gasteiger partial charge in [-0.25, -0.2) is 4.98 Å². The average molecular weight is 345 g/mol. The first kappa shape index (κ1) is 15.7. The number of hydrogen-bond donors (Lipinski definition) is 0. The van der Waals surface area contributed by atoms with Crippen LogP contribution in [0.25, 0.3) is 10.2 Å². The van der Waals surface area contributed by atoms with Gasteiger partial charge in [0.05, 0.1) is 23.2 Å². The van der Waals surface area contributed by atoms with Crippen molar-refractivity contribution in [2.24, 2.45) is 11.8 Å². The topological polar surface area (TPSA) is 45.7 Å². The van der Waals surface area contributed by atoms with Crippen molar-refractivity contribution in [1.82, 2.24) is 9.88 Å². The molecule has 128 valence electrons. The van der Waals surface area contributed by atoms with Gasteiger partial charge >= 0.3 is 0 Å². The number of ether oxygens (including phenoxy) is 1. The maximum atomic E-state index is 12.6. The Kier molecular flexibility index (Phi) is 4.08. The molecule has 0 spiro atoms. The highest BCUT2D eigenvalue weighted by atomic mass is 32.1. The largest absolute Gasteiger partial charge is 0.497 e. The van der Waals surface area contributed by atoms with Crippen LogP contribution in [-0.4, -0.2) is 49.1 Å². The minimum absolute atomic E-state index is 0.139. The average Bonchev–Trinajstić information content (AvgIpc) is 2.96. The number of carbonyl (C=O) groups is 1. The normalized spacial score (nSPS) is 19.6. The van der Waals surface area contributed by atoms with Crippen LogP contribution >= 0.6 is 11.3 Å². The fraction of sp³-hybridized carbons (Fsp3) is 0.556. The SMILES string of the molecule is COc1ccc2nc(N3CC(C(=O)N4CCC(C)CC4)C3)sc2c1. The number of piperidine rings is 1. The lowest BCUT2D eigenvalue weighted by Gasteiger charge is -2.41. The summed E-state index contributed by atoms with van der Waals surface area (Å²) in [6.45, 7) is 5.72. The monoisotopic (exact) mass is 345 g/mol. The van der Waals surface area contributed by atoms with E-state index in [2.05, 4.69) is 16.7 Å². The Hall–Kier alpha value is -1.82. The summed E-state index contributed by atoms with van der Waals surface area (Å²) in [6, 6.07) is 5.95.